The van der Waals surface area contributed by atoms with Gasteiger partial charge in [0.25, 0.3) is 0 Å². The predicted molar refractivity (Wildman–Crippen MR) is 128 cm³/mol. The molecule has 6 nitrogen and oxygen atoms in total. The van der Waals surface area contributed by atoms with Crippen molar-refractivity contribution in [1.29, 1.82) is 0 Å². The third-order valence-electron chi connectivity index (χ3n) is 5.41. The van der Waals surface area contributed by atoms with Crippen molar-refractivity contribution in [2.75, 3.05) is 0 Å². The Labute approximate surface area is 203 Å². The summed E-state index contributed by atoms with van der Waals surface area (Å²) in [5.41, 5.74) is 1.55. The number of imidazole rings is 1. The molecule has 0 saturated carbocycles. The van der Waals surface area contributed by atoms with Crippen molar-refractivity contribution in [2.45, 2.75) is 31.0 Å². The van der Waals surface area contributed by atoms with Gasteiger partial charge in [-0.1, -0.05) is 41.9 Å². The van der Waals surface area contributed by atoms with Crippen molar-refractivity contribution in [3.8, 4) is 28.2 Å². The molecule has 176 valence electrons. The molecule has 1 atom stereocenters. The van der Waals surface area contributed by atoms with Crippen LogP contribution >= 0.6 is 11.6 Å². The Morgan fingerprint density at radius 2 is 1.79 bits per heavy atom. The van der Waals surface area contributed by atoms with Crippen LogP contribution in [0.15, 0.2) is 71.8 Å². The van der Waals surface area contributed by atoms with E-state index in [1.807, 2.05) is 0 Å². The molecule has 1 unspecified atom stereocenters. The second kappa shape index (κ2) is 9.40. The summed E-state index contributed by atoms with van der Waals surface area (Å²) in [7, 11) is 0. The van der Waals surface area contributed by atoms with Crippen LogP contribution in [0.1, 0.15) is 25.1 Å². The fourth-order valence-corrected chi connectivity index (χ4v) is 4.41. The van der Waals surface area contributed by atoms with E-state index in [0.717, 1.165) is 5.56 Å². The summed E-state index contributed by atoms with van der Waals surface area (Å²) in [5.74, 6) is -0.301. The topological polar surface area (TPSA) is 98.4 Å². The summed E-state index contributed by atoms with van der Waals surface area (Å²) in [5, 5.41) is 20.1. The molecule has 4 rings (SSSR count). The number of halogens is 2. The quantitative estimate of drug-likeness (QED) is 0.365. The van der Waals surface area contributed by atoms with E-state index in [1.54, 1.807) is 67.1 Å². The van der Waals surface area contributed by atoms with Crippen LogP contribution in [-0.2, 0) is 23.3 Å². The van der Waals surface area contributed by atoms with Gasteiger partial charge in [-0.15, -0.1) is 0 Å². The minimum Gasteiger partial charge on any atom is -0.768 e. The van der Waals surface area contributed by atoms with Gasteiger partial charge >= 0.3 is 0 Å². The third-order valence-corrected chi connectivity index (χ3v) is 6.47. The minimum absolute atomic E-state index is 0.0324. The van der Waals surface area contributed by atoms with E-state index in [0.29, 0.717) is 22.5 Å². The van der Waals surface area contributed by atoms with Gasteiger partial charge in [-0.3, -0.25) is 8.78 Å². The molecular formula is C25H21ClFN2O4S-. The van der Waals surface area contributed by atoms with Crippen molar-refractivity contribution < 1.29 is 23.4 Å². The monoisotopic (exact) mass is 499 g/mol. The largest absolute Gasteiger partial charge is 0.768 e. The maximum Gasteiger partial charge on any atom is 0.149 e. The number of aromatic nitrogens is 2. The molecule has 1 heterocycles. The number of rotatable bonds is 6. The summed E-state index contributed by atoms with van der Waals surface area (Å²) in [4.78, 5) is 4.51. The Morgan fingerprint density at radius 1 is 1.12 bits per heavy atom. The highest BCUT2D eigenvalue weighted by atomic mass is 35.5. The molecule has 1 aromatic heterocycles. The molecule has 0 saturated heterocycles. The normalized spacial score (nSPS) is 12.7. The zero-order valence-corrected chi connectivity index (χ0v) is 19.9. The molecule has 2 N–H and O–H groups in total. The van der Waals surface area contributed by atoms with E-state index < -0.39 is 22.5 Å². The lowest BCUT2D eigenvalue weighted by atomic mass is 10.0. The van der Waals surface area contributed by atoms with Crippen LogP contribution in [0.4, 0.5) is 4.39 Å². The Bertz CT molecular complexity index is 1360. The van der Waals surface area contributed by atoms with Crippen LogP contribution < -0.4 is 0 Å². The molecule has 4 aromatic rings. The van der Waals surface area contributed by atoms with Crippen molar-refractivity contribution in [2.24, 2.45) is 0 Å². The Balaban J connectivity index is 1.81. The molecule has 0 spiro atoms. The molecule has 0 aliphatic heterocycles. The number of benzene rings is 3. The fourth-order valence-electron chi connectivity index (χ4n) is 3.59. The van der Waals surface area contributed by atoms with Crippen molar-refractivity contribution in [3.63, 3.8) is 0 Å². The van der Waals surface area contributed by atoms with Gasteiger partial charge in [-0.2, -0.15) is 0 Å². The second-order valence-corrected chi connectivity index (χ2v) is 9.55. The Morgan fingerprint density at radius 3 is 2.38 bits per heavy atom. The SMILES string of the molecule is CC(C)(O)c1cn(-c2ccc(-c3ccc(CO)c(S(=O)[O-])c3)cc2)c(-c2c(F)cccc2Cl)n1. The first-order chi connectivity index (χ1) is 16.1. The van der Waals surface area contributed by atoms with Crippen molar-refractivity contribution >= 4 is 22.7 Å². The molecule has 9 heteroatoms. The molecule has 0 radical (unpaired) electrons. The van der Waals surface area contributed by atoms with E-state index in [-0.39, 0.29) is 27.9 Å². The van der Waals surface area contributed by atoms with Gasteiger partial charge in [0.1, 0.15) is 17.2 Å². The van der Waals surface area contributed by atoms with E-state index in [9.17, 15) is 23.4 Å². The molecular weight excluding hydrogens is 479 g/mol. The lowest BCUT2D eigenvalue weighted by molar-refractivity contribution is 0.0743. The van der Waals surface area contributed by atoms with Gasteiger partial charge in [-0.25, -0.2) is 9.37 Å². The van der Waals surface area contributed by atoms with Crippen LogP contribution in [0.3, 0.4) is 0 Å². The van der Waals surface area contributed by atoms with Crippen LogP contribution in [0.5, 0.6) is 0 Å². The highest BCUT2D eigenvalue weighted by Crippen LogP contribution is 2.34. The first-order valence-electron chi connectivity index (χ1n) is 10.3. The minimum atomic E-state index is -2.49. The summed E-state index contributed by atoms with van der Waals surface area (Å²) in [6.45, 7) is 2.79. The second-order valence-electron chi connectivity index (χ2n) is 8.24. The van der Waals surface area contributed by atoms with Gasteiger partial charge in [0.15, 0.2) is 0 Å². The first kappa shape index (κ1) is 24.3. The lowest BCUT2D eigenvalue weighted by Gasteiger charge is -2.14. The number of hydrogen-bond acceptors (Lipinski definition) is 5. The Kier molecular flexibility index (Phi) is 6.71. The third kappa shape index (κ3) is 4.68. The first-order valence-corrected chi connectivity index (χ1v) is 11.8. The lowest BCUT2D eigenvalue weighted by Crippen LogP contribution is -2.15. The molecule has 0 aliphatic rings. The number of nitrogens with zero attached hydrogens (tertiary/aromatic N) is 2. The average Bonchev–Trinajstić information content (AvgIpc) is 3.24. The summed E-state index contributed by atoms with van der Waals surface area (Å²) in [6, 6.07) is 16.3. The molecule has 34 heavy (non-hydrogen) atoms. The standard InChI is InChI=1S/C25H22ClFN2O4S/c1-25(2,31)22-13-29(24(28-22)23-19(26)4-3-5-20(23)27)18-10-8-15(9-11-18)16-6-7-17(14-30)21(12-16)34(32)33/h3-13,30-31H,14H2,1-2H3,(H,32,33)/p-1. The molecule has 0 bridgehead atoms. The van der Waals surface area contributed by atoms with Crippen molar-refractivity contribution in [1.82, 2.24) is 9.55 Å². The number of aliphatic hydroxyl groups excluding tert-OH is 1. The average molecular weight is 500 g/mol. The van der Waals surface area contributed by atoms with Gasteiger partial charge < -0.3 is 14.8 Å². The molecule has 0 aliphatic carbocycles. The smallest absolute Gasteiger partial charge is 0.149 e. The Hall–Kier alpha value is -2.88. The van der Waals surface area contributed by atoms with Crippen molar-refractivity contribution in [3.05, 3.63) is 89.0 Å². The van der Waals surface area contributed by atoms with Gasteiger partial charge in [0.2, 0.25) is 0 Å². The summed E-state index contributed by atoms with van der Waals surface area (Å²) in [6.07, 6.45) is 1.63. The molecule has 0 amide bonds. The number of hydrogen-bond donors (Lipinski definition) is 2. The zero-order chi connectivity index (χ0) is 24.6. The zero-order valence-electron chi connectivity index (χ0n) is 18.3. The highest BCUT2D eigenvalue weighted by molar-refractivity contribution is 7.79. The van der Waals surface area contributed by atoms with E-state index in [1.165, 1.54) is 18.2 Å². The van der Waals surface area contributed by atoms with E-state index in [2.05, 4.69) is 4.98 Å². The fraction of sp³-hybridized carbons (Fsp3) is 0.160. The van der Waals surface area contributed by atoms with E-state index >= 15 is 0 Å². The maximum atomic E-state index is 14.7. The van der Waals surface area contributed by atoms with Crippen LogP contribution in [0.2, 0.25) is 5.02 Å². The summed E-state index contributed by atoms with van der Waals surface area (Å²) >= 11 is 3.81. The van der Waals surface area contributed by atoms with E-state index in [4.69, 9.17) is 11.6 Å². The summed E-state index contributed by atoms with van der Waals surface area (Å²) < 4.78 is 39.4. The van der Waals surface area contributed by atoms with Gasteiger partial charge in [0, 0.05) is 16.8 Å². The number of aliphatic hydroxyl groups is 2. The molecule has 3 aromatic carbocycles. The predicted octanol–water partition coefficient (Wildman–Crippen LogP) is 4.96. The highest BCUT2D eigenvalue weighted by Gasteiger charge is 2.25. The molecule has 0 fully saturated rings. The van der Waals surface area contributed by atoms with Gasteiger partial charge in [-0.05, 0) is 72.0 Å². The maximum absolute atomic E-state index is 14.7. The van der Waals surface area contributed by atoms with Gasteiger partial charge in [0.05, 0.1) is 22.9 Å². The van der Waals surface area contributed by atoms with Crippen LogP contribution in [0, 0.1) is 5.82 Å². The van der Waals surface area contributed by atoms with Crippen LogP contribution in [0.25, 0.3) is 28.2 Å². The van der Waals surface area contributed by atoms with Crippen LogP contribution in [-0.4, -0.2) is 28.5 Å².